The van der Waals surface area contributed by atoms with Gasteiger partial charge in [0.25, 0.3) is 0 Å². The van der Waals surface area contributed by atoms with Crippen LogP contribution in [0.4, 0.5) is 0 Å². The van der Waals surface area contributed by atoms with Gasteiger partial charge in [-0.1, -0.05) is 324 Å². The van der Waals surface area contributed by atoms with Crippen LogP contribution >= 0.6 is 34.0 Å². The van der Waals surface area contributed by atoms with Crippen molar-refractivity contribution in [2.75, 3.05) is 40.3 Å². The fraction of sp³-hybridized carbons (Fsp3) is 0.969. The summed E-state index contributed by atoms with van der Waals surface area (Å²) in [7, 11) is 4.66. The lowest BCUT2D eigenvalue weighted by molar-refractivity contribution is -0.148. The summed E-state index contributed by atoms with van der Waals surface area (Å²) in [5.74, 6) is -2.79. The molecule has 0 heterocycles. The first-order valence-corrected chi connectivity index (χ1v) is 32.5. The van der Waals surface area contributed by atoms with E-state index in [1.165, 1.54) is 334 Å². The van der Waals surface area contributed by atoms with Gasteiger partial charge in [0, 0.05) is 0 Å². The maximum Gasteiger partial charge on any atom is 0.307 e. The van der Waals surface area contributed by atoms with Crippen molar-refractivity contribution in [1.29, 1.82) is 0 Å². The van der Waals surface area contributed by atoms with Crippen LogP contribution in [0.2, 0.25) is 0 Å². The van der Waals surface area contributed by atoms with E-state index < -0.39 is 17.9 Å². The molecule has 0 saturated heterocycles. The summed E-state index contributed by atoms with van der Waals surface area (Å²) in [5, 5.41) is 16.8. The van der Waals surface area contributed by atoms with E-state index >= 15 is 0 Å². The standard InChI is InChI=1S/2C29H61N.C7H12O4.2BrH/c2*1-4-6-8-10-12-14-16-18-20-22-24-26-28-30(3)29-27-25-23-21-19-17-15-13-11-9-7-5-2;1-2-3-5(7(10)11)4-6(8)9;;/h2*4-29H2,1-3H3;5H,2-4H2,1H3,(H,8,9)(H,10,11);2*1H. The summed E-state index contributed by atoms with van der Waals surface area (Å²) in [6.45, 7) is 16.3. The number of carboxylic acid groups (broad SMARTS) is 2. The summed E-state index contributed by atoms with van der Waals surface area (Å²) >= 11 is 0. The van der Waals surface area contributed by atoms with Crippen LogP contribution in [0.3, 0.4) is 0 Å². The minimum absolute atomic E-state index is 0. The molecule has 0 fully saturated rings. The zero-order valence-electron chi connectivity index (χ0n) is 50.9. The Kier molecular flexibility index (Phi) is 82.7. The van der Waals surface area contributed by atoms with Crippen LogP contribution in [-0.2, 0) is 9.59 Å². The predicted molar refractivity (Wildman–Crippen MR) is 338 cm³/mol. The van der Waals surface area contributed by atoms with Crippen LogP contribution < -0.4 is 0 Å². The van der Waals surface area contributed by atoms with E-state index in [1.54, 1.807) is 0 Å². The van der Waals surface area contributed by atoms with Gasteiger partial charge in [-0.05, 0) is 72.4 Å². The molecule has 6 nitrogen and oxygen atoms in total. The lowest BCUT2D eigenvalue weighted by Gasteiger charge is -2.16. The number of hydrogen-bond acceptors (Lipinski definition) is 4. The number of nitrogens with zero attached hydrogens (tertiary/aromatic N) is 2. The van der Waals surface area contributed by atoms with Gasteiger partial charge in [-0.15, -0.1) is 34.0 Å². The molecule has 0 aromatic carbocycles. The third-order valence-electron chi connectivity index (χ3n) is 15.0. The second-order valence-corrected chi connectivity index (χ2v) is 22.6. The molecule has 0 aliphatic heterocycles. The molecule has 1 atom stereocenters. The molecule has 0 radical (unpaired) electrons. The Morgan fingerprint density at radius 1 is 0.288 bits per heavy atom. The summed E-state index contributed by atoms with van der Waals surface area (Å²) in [6, 6.07) is 0. The highest BCUT2D eigenvalue weighted by Gasteiger charge is 2.19. The average molecular weight is 1170 g/mol. The van der Waals surface area contributed by atoms with Crippen molar-refractivity contribution >= 4 is 45.9 Å². The fourth-order valence-corrected chi connectivity index (χ4v) is 9.99. The highest BCUT2D eigenvalue weighted by atomic mass is 79.9. The van der Waals surface area contributed by atoms with E-state index in [1.807, 2.05) is 6.92 Å². The SMILES string of the molecule is Br.Br.CCCC(CC(=O)O)C(=O)O.CCCCCCCCCCCCCCN(C)CCCCCCCCCCCCCC.CCCCCCCCCCCCCCN(C)CCCCCCCCCCCCCC. The molecular weight excluding hydrogens is 1030 g/mol. The van der Waals surface area contributed by atoms with Crippen molar-refractivity contribution in [3.05, 3.63) is 0 Å². The number of halogens is 2. The number of aliphatic carboxylic acids is 2. The lowest BCUT2D eigenvalue weighted by Crippen LogP contribution is -2.20. The van der Waals surface area contributed by atoms with Gasteiger partial charge in [-0.3, -0.25) is 9.59 Å². The van der Waals surface area contributed by atoms with Gasteiger partial charge >= 0.3 is 11.9 Å². The summed E-state index contributed by atoms with van der Waals surface area (Å²) in [6.07, 6.45) is 70.6. The molecule has 2 N–H and O–H groups in total. The third kappa shape index (κ3) is 78.4. The molecule has 0 rings (SSSR count). The quantitative estimate of drug-likeness (QED) is 0.0591. The van der Waals surface area contributed by atoms with Crippen molar-refractivity contribution < 1.29 is 19.8 Å². The summed E-state index contributed by atoms with van der Waals surface area (Å²) in [5.41, 5.74) is 0. The molecule has 0 aliphatic carbocycles. The number of carbonyl (C=O) groups is 2. The first-order valence-electron chi connectivity index (χ1n) is 32.5. The molecule has 0 aromatic rings. The molecule has 0 bridgehead atoms. The third-order valence-corrected chi connectivity index (χ3v) is 15.0. The average Bonchev–Trinajstić information content (AvgIpc) is 3.35. The minimum Gasteiger partial charge on any atom is -0.481 e. The van der Waals surface area contributed by atoms with Crippen LogP contribution in [0.1, 0.15) is 362 Å². The predicted octanol–water partition coefficient (Wildman–Crippen LogP) is 22.8. The van der Waals surface area contributed by atoms with Gasteiger partial charge in [0.05, 0.1) is 12.3 Å². The molecule has 73 heavy (non-hydrogen) atoms. The molecule has 0 spiro atoms. The van der Waals surface area contributed by atoms with Gasteiger partial charge in [-0.25, -0.2) is 0 Å². The van der Waals surface area contributed by atoms with Crippen LogP contribution in [0, 0.1) is 5.92 Å². The van der Waals surface area contributed by atoms with E-state index in [2.05, 4.69) is 51.6 Å². The molecule has 0 aliphatic rings. The monoisotopic (exact) mass is 1170 g/mol. The maximum atomic E-state index is 10.4. The summed E-state index contributed by atoms with van der Waals surface area (Å²) in [4.78, 5) is 25.6. The molecule has 0 aromatic heterocycles. The van der Waals surface area contributed by atoms with Crippen LogP contribution in [-0.4, -0.2) is 72.2 Å². The van der Waals surface area contributed by atoms with E-state index in [0.29, 0.717) is 12.8 Å². The Morgan fingerprint density at radius 2 is 0.452 bits per heavy atom. The Balaban J connectivity index is -0.000000342. The largest absolute Gasteiger partial charge is 0.481 e. The van der Waals surface area contributed by atoms with Gasteiger partial charge < -0.3 is 20.0 Å². The van der Waals surface area contributed by atoms with Crippen molar-refractivity contribution in [2.24, 2.45) is 5.92 Å². The minimum atomic E-state index is -1.05. The van der Waals surface area contributed by atoms with E-state index in [9.17, 15) is 9.59 Å². The van der Waals surface area contributed by atoms with Crippen molar-refractivity contribution in [3.63, 3.8) is 0 Å². The van der Waals surface area contributed by atoms with E-state index in [0.717, 1.165) is 0 Å². The van der Waals surface area contributed by atoms with Crippen LogP contribution in [0.25, 0.3) is 0 Å². The van der Waals surface area contributed by atoms with Crippen LogP contribution in [0.5, 0.6) is 0 Å². The van der Waals surface area contributed by atoms with Gasteiger partial charge in [0.1, 0.15) is 0 Å². The Labute approximate surface area is 481 Å². The number of carboxylic acids is 2. The zero-order valence-corrected chi connectivity index (χ0v) is 54.3. The normalized spacial score (nSPS) is 11.4. The summed E-state index contributed by atoms with van der Waals surface area (Å²) < 4.78 is 0. The number of rotatable bonds is 57. The molecule has 444 valence electrons. The molecule has 0 amide bonds. The lowest BCUT2D eigenvalue weighted by atomic mass is 10.0. The molecule has 8 heteroatoms. The van der Waals surface area contributed by atoms with Crippen molar-refractivity contribution in [1.82, 2.24) is 9.80 Å². The zero-order chi connectivity index (χ0) is 52.8. The number of hydrogen-bond donors (Lipinski definition) is 2. The fourth-order valence-electron chi connectivity index (χ4n) is 9.99. The Morgan fingerprint density at radius 3 is 0.589 bits per heavy atom. The highest BCUT2D eigenvalue weighted by Crippen LogP contribution is 2.17. The second-order valence-electron chi connectivity index (χ2n) is 22.6. The first-order chi connectivity index (χ1) is 34.7. The van der Waals surface area contributed by atoms with Gasteiger partial charge in [-0.2, -0.15) is 0 Å². The number of unbranched alkanes of at least 4 members (excludes halogenated alkanes) is 44. The van der Waals surface area contributed by atoms with E-state index in [-0.39, 0.29) is 40.4 Å². The molecule has 1 unspecified atom stereocenters. The van der Waals surface area contributed by atoms with Gasteiger partial charge in [0.2, 0.25) is 0 Å². The Bertz CT molecular complexity index is 876. The topological polar surface area (TPSA) is 81.1 Å². The van der Waals surface area contributed by atoms with Crippen LogP contribution in [0.15, 0.2) is 0 Å². The smallest absolute Gasteiger partial charge is 0.307 e. The highest BCUT2D eigenvalue weighted by molar-refractivity contribution is 8.93. The molecule has 0 saturated carbocycles. The Hall–Kier alpha value is -0.180. The van der Waals surface area contributed by atoms with E-state index in [4.69, 9.17) is 10.2 Å². The van der Waals surface area contributed by atoms with Crippen molar-refractivity contribution in [2.45, 2.75) is 362 Å². The first kappa shape index (κ1) is 81.7. The maximum absolute atomic E-state index is 10.4. The molecular formula is C65H136Br2N2O4. The van der Waals surface area contributed by atoms with Gasteiger partial charge in [0.15, 0.2) is 0 Å². The van der Waals surface area contributed by atoms with Crippen molar-refractivity contribution in [3.8, 4) is 0 Å². The second kappa shape index (κ2) is 73.9.